The first-order valence-electron chi connectivity index (χ1n) is 7.39. The average molecular weight is 260 g/mol. The Labute approximate surface area is 116 Å². The lowest BCUT2D eigenvalue weighted by Crippen LogP contribution is -2.40. The van der Waals surface area contributed by atoms with E-state index in [0.29, 0.717) is 12.2 Å². The minimum absolute atomic E-state index is 0.292. The largest absolute Gasteiger partial charge is 0.370 e. The van der Waals surface area contributed by atoms with Crippen molar-refractivity contribution in [2.24, 2.45) is 0 Å². The molecule has 0 unspecified atom stereocenters. The molecule has 104 valence electrons. The van der Waals surface area contributed by atoms with Crippen molar-refractivity contribution in [3.8, 4) is 0 Å². The van der Waals surface area contributed by atoms with Crippen LogP contribution in [0.15, 0.2) is 30.3 Å². The Balaban J connectivity index is 1.96. The highest BCUT2D eigenvalue weighted by Gasteiger charge is 2.37. The van der Waals surface area contributed by atoms with E-state index >= 15 is 0 Å². The highest BCUT2D eigenvalue weighted by molar-refractivity contribution is 5.87. The van der Waals surface area contributed by atoms with Crippen LogP contribution < -0.4 is 0 Å². The van der Waals surface area contributed by atoms with Gasteiger partial charge in [0.1, 0.15) is 5.60 Å². The number of hydrogen-bond donors (Lipinski definition) is 0. The molecule has 0 spiro atoms. The second-order valence-electron chi connectivity index (χ2n) is 5.52. The number of rotatable bonds is 5. The summed E-state index contributed by atoms with van der Waals surface area (Å²) in [5, 5.41) is 0. The zero-order chi connectivity index (χ0) is 13.6. The summed E-state index contributed by atoms with van der Waals surface area (Å²) in [5.74, 6) is 0.292. The molecular formula is C17H24O2. The number of ether oxygens (including phenoxy) is 1. The quantitative estimate of drug-likeness (QED) is 0.750. The monoisotopic (exact) mass is 260 g/mol. The Bertz CT molecular complexity index is 389. The molecule has 0 aliphatic heterocycles. The lowest BCUT2D eigenvalue weighted by atomic mass is 9.86. The minimum Gasteiger partial charge on any atom is -0.370 e. The fourth-order valence-electron chi connectivity index (χ4n) is 3.03. The summed E-state index contributed by atoms with van der Waals surface area (Å²) in [6.45, 7) is 0. The van der Waals surface area contributed by atoms with Crippen LogP contribution in [0.25, 0.3) is 0 Å². The second kappa shape index (κ2) is 6.85. The number of ketones is 1. The first-order chi connectivity index (χ1) is 9.27. The summed E-state index contributed by atoms with van der Waals surface area (Å²) in [6.07, 6.45) is 7.92. The molecule has 2 nitrogen and oxygen atoms in total. The zero-order valence-corrected chi connectivity index (χ0v) is 11.9. The molecule has 1 aromatic rings. The lowest BCUT2D eigenvalue weighted by Gasteiger charge is -2.29. The highest BCUT2D eigenvalue weighted by Crippen LogP contribution is 2.32. The molecule has 0 aromatic heterocycles. The molecule has 0 saturated heterocycles. The molecule has 1 aromatic carbocycles. The van der Waals surface area contributed by atoms with Gasteiger partial charge in [-0.15, -0.1) is 0 Å². The normalized spacial score (nSPS) is 18.8. The van der Waals surface area contributed by atoms with Gasteiger partial charge in [-0.2, -0.15) is 0 Å². The first kappa shape index (κ1) is 14.3. The topological polar surface area (TPSA) is 26.3 Å². The molecule has 1 aliphatic rings. The van der Waals surface area contributed by atoms with Crippen LogP contribution in [0.5, 0.6) is 0 Å². The molecule has 0 N–H and O–H groups in total. The number of carbonyl (C=O) groups is 1. The van der Waals surface area contributed by atoms with Crippen molar-refractivity contribution < 1.29 is 9.53 Å². The van der Waals surface area contributed by atoms with E-state index in [2.05, 4.69) is 12.1 Å². The number of carbonyl (C=O) groups excluding carboxylic acids is 1. The van der Waals surface area contributed by atoms with Crippen molar-refractivity contribution in [3.05, 3.63) is 35.9 Å². The Morgan fingerprint density at radius 3 is 2.32 bits per heavy atom. The van der Waals surface area contributed by atoms with Gasteiger partial charge in [0.15, 0.2) is 5.78 Å². The molecular weight excluding hydrogens is 236 g/mol. The van der Waals surface area contributed by atoms with Crippen molar-refractivity contribution in [3.63, 3.8) is 0 Å². The van der Waals surface area contributed by atoms with Crippen molar-refractivity contribution >= 4 is 5.78 Å². The molecule has 1 fully saturated rings. The minimum atomic E-state index is -0.495. The van der Waals surface area contributed by atoms with Crippen LogP contribution in [-0.2, 0) is 16.0 Å². The Morgan fingerprint density at radius 2 is 1.74 bits per heavy atom. The van der Waals surface area contributed by atoms with Crippen LogP contribution in [-0.4, -0.2) is 18.5 Å². The van der Waals surface area contributed by atoms with Gasteiger partial charge in [0.2, 0.25) is 0 Å². The molecule has 0 atom stereocenters. The van der Waals surface area contributed by atoms with Gasteiger partial charge >= 0.3 is 0 Å². The van der Waals surface area contributed by atoms with Gasteiger partial charge in [-0.1, -0.05) is 56.0 Å². The Hall–Kier alpha value is -1.15. The van der Waals surface area contributed by atoms with Crippen molar-refractivity contribution in [1.82, 2.24) is 0 Å². The Kier molecular flexibility index (Phi) is 5.15. The average Bonchev–Trinajstić information content (AvgIpc) is 2.72. The third-order valence-corrected chi connectivity index (χ3v) is 4.29. The van der Waals surface area contributed by atoms with Crippen LogP contribution >= 0.6 is 0 Å². The first-order valence-corrected chi connectivity index (χ1v) is 7.39. The fourth-order valence-corrected chi connectivity index (χ4v) is 3.03. The number of hydrogen-bond acceptors (Lipinski definition) is 2. The molecule has 2 rings (SSSR count). The molecule has 1 aliphatic carbocycles. The van der Waals surface area contributed by atoms with E-state index in [1.54, 1.807) is 7.11 Å². The van der Waals surface area contributed by atoms with E-state index in [1.165, 1.54) is 18.4 Å². The van der Waals surface area contributed by atoms with Crippen molar-refractivity contribution in [1.29, 1.82) is 0 Å². The number of aryl methyl sites for hydroxylation is 1. The number of methoxy groups -OCH3 is 1. The molecule has 1 saturated carbocycles. The van der Waals surface area contributed by atoms with E-state index in [9.17, 15) is 4.79 Å². The summed E-state index contributed by atoms with van der Waals surface area (Å²) in [7, 11) is 1.70. The zero-order valence-electron chi connectivity index (χ0n) is 11.9. The van der Waals surface area contributed by atoms with Gasteiger partial charge in [-0.3, -0.25) is 4.79 Å². The summed E-state index contributed by atoms with van der Waals surface area (Å²) in [5.41, 5.74) is 0.737. The van der Waals surface area contributed by atoms with Crippen LogP contribution in [0.2, 0.25) is 0 Å². The van der Waals surface area contributed by atoms with E-state index in [-0.39, 0.29) is 0 Å². The van der Waals surface area contributed by atoms with E-state index in [1.807, 2.05) is 18.2 Å². The van der Waals surface area contributed by atoms with Crippen molar-refractivity contribution in [2.45, 2.75) is 57.0 Å². The Morgan fingerprint density at radius 1 is 1.11 bits per heavy atom. The van der Waals surface area contributed by atoms with Gasteiger partial charge < -0.3 is 4.74 Å². The highest BCUT2D eigenvalue weighted by atomic mass is 16.5. The molecule has 0 bridgehead atoms. The van der Waals surface area contributed by atoms with E-state index < -0.39 is 5.60 Å². The van der Waals surface area contributed by atoms with Crippen molar-refractivity contribution in [2.75, 3.05) is 7.11 Å². The lowest BCUT2D eigenvalue weighted by molar-refractivity contribution is -0.142. The maximum Gasteiger partial charge on any atom is 0.164 e. The van der Waals surface area contributed by atoms with Crippen LogP contribution in [0, 0.1) is 0 Å². The standard InChI is InChI=1S/C17H24O2/c1-19-17(13-7-2-3-8-14-17)16(18)12-11-15-9-5-4-6-10-15/h4-6,9-10H,2-3,7-8,11-14H2,1H3. The van der Waals surface area contributed by atoms with E-state index in [4.69, 9.17) is 4.74 Å². The van der Waals surface area contributed by atoms with Gasteiger partial charge in [0.05, 0.1) is 0 Å². The second-order valence-corrected chi connectivity index (χ2v) is 5.52. The molecule has 19 heavy (non-hydrogen) atoms. The third-order valence-electron chi connectivity index (χ3n) is 4.29. The van der Waals surface area contributed by atoms with Crippen LogP contribution in [0.3, 0.4) is 0 Å². The van der Waals surface area contributed by atoms with Gasteiger partial charge in [0, 0.05) is 13.5 Å². The number of benzene rings is 1. The molecule has 0 heterocycles. The predicted molar refractivity (Wildman–Crippen MR) is 77.2 cm³/mol. The summed E-state index contributed by atoms with van der Waals surface area (Å²) < 4.78 is 5.66. The molecule has 0 radical (unpaired) electrons. The maximum absolute atomic E-state index is 12.6. The SMILES string of the molecule is COC1(C(=O)CCc2ccccc2)CCCCCC1. The summed E-state index contributed by atoms with van der Waals surface area (Å²) in [4.78, 5) is 12.6. The fraction of sp³-hybridized carbons (Fsp3) is 0.588. The van der Waals surface area contributed by atoms with Gasteiger partial charge in [-0.25, -0.2) is 0 Å². The molecule has 0 amide bonds. The maximum atomic E-state index is 12.6. The van der Waals surface area contributed by atoms with Crippen LogP contribution in [0.4, 0.5) is 0 Å². The van der Waals surface area contributed by atoms with Gasteiger partial charge in [0.25, 0.3) is 0 Å². The summed E-state index contributed by atoms with van der Waals surface area (Å²) in [6, 6.07) is 10.2. The van der Waals surface area contributed by atoms with E-state index in [0.717, 1.165) is 32.1 Å². The van der Waals surface area contributed by atoms with Crippen LogP contribution in [0.1, 0.15) is 50.5 Å². The van der Waals surface area contributed by atoms with Gasteiger partial charge in [-0.05, 0) is 24.8 Å². The summed E-state index contributed by atoms with van der Waals surface area (Å²) >= 11 is 0. The predicted octanol–water partition coefficient (Wildman–Crippen LogP) is 3.93. The molecule has 2 heteroatoms. The third kappa shape index (κ3) is 3.66. The number of Topliss-reactive ketones (excluding diaryl/α,β-unsaturated/α-hetero) is 1. The smallest absolute Gasteiger partial charge is 0.164 e.